The van der Waals surface area contributed by atoms with Crippen molar-refractivity contribution in [2.45, 2.75) is 13.8 Å². The number of nitrogens with zero attached hydrogens (tertiary/aromatic N) is 3. The lowest BCUT2D eigenvalue weighted by Gasteiger charge is -2.10. The SMILES string of the molecule is Cc1ccc(C)n1-c1ccc(C(=O)OCC(=O)Nc2cccc3nsnc23)cc1. The molecule has 0 aliphatic carbocycles. The third-order valence-electron chi connectivity index (χ3n) is 4.53. The van der Waals surface area contributed by atoms with Gasteiger partial charge in [0.05, 0.1) is 23.0 Å². The number of carbonyl (C=O) groups excluding carboxylic acids is 2. The Morgan fingerprint density at radius 3 is 2.45 bits per heavy atom. The van der Waals surface area contributed by atoms with E-state index in [-0.39, 0.29) is 6.61 Å². The smallest absolute Gasteiger partial charge is 0.338 e. The Morgan fingerprint density at radius 2 is 1.72 bits per heavy atom. The van der Waals surface area contributed by atoms with Gasteiger partial charge in [-0.15, -0.1) is 0 Å². The van der Waals surface area contributed by atoms with E-state index in [1.807, 2.05) is 44.2 Å². The maximum Gasteiger partial charge on any atom is 0.338 e. The van der Waals surface area contributed by atoms with Crippen LogP contribution in [0.3, 0.4) is 0 Å². The minimum Gasteiger partial charge on any atom is -0.452 e. The number of hydrogen-bond donors (Lipinski definition) is 1. The van der Waals surface area contributed by atoms with Crippen LogP contribution in [0.15, 0.2) is 54.6 Å². The number of esters is 1. The van der Waals surface area contributed by atoms with Crippen LogP contribution < -0.4 is 5.32 Å². The first kappa shape index (κ1) is 18.8. The van der Waals surface area contributed by atoms with Crippen LogP contribution in [0, 0.1) is 13.8 Å². The molecular formula is C21H18N4O3S. The van der Waals surface area contributed by atoms with Gasteiger partial charge in [0.25, 0.3) is 5.91 Å². The standard InChI is InChI=1S/C21H18N4O3S/c1-13-6-7-14(2)25(13)16-10-8-15(9-11-16)21(27)28-12-19(26)22-17-4-3-5-18-20(17)24-29-23-18/h3-11H,12H2,1-2H3,(H,22,26). The minimum absolute atomic E-state index is 0.384. The van der Waals surface area contributed by atoms with E-state index in [1.54, 1.807) is 24.3 Å². The highest BCUT2D eigenvalue weighted by atomic mass is 32.1. The third kappa shape index (κ3) is 3.88. The molecule has 0 radical (unpaired) electrons. The number of amides is 1. The number of fused-ring (bicyclic) bond motifs is 1. The van der Waals surface area contributed by atoms with Crippen molar-refractivity contribution in [3.05, 3.63) is 71.5 Å². The van der Waals surface area contributed by atoms with Crippen LogP contribution in [0.4, 0.5) is 5.69 Å². The predicted octanol–water partition coefficient (Wildman–Crippen LogP) is 3.89. The quantitative estimate of drug-likeness (QED) is 0.508. The summed E-state index contributed by atoms with van der Waals surface area (Å²) in [6.07, 6.45) is 0. The zero-order chi connectivity index (χ0) is 20.4. The largest absolute Gasteiger partial charge is 0.452 e. The number of carbonyl (C=O) groups is 2. The van der Waals surface area contributed by atoms with E-state index in [4.69, 9.17) is 4.74 Å². The van der Waals surface area contributed by atoms with Crippen molar-refractivity contribution < 1.29 is 14.3 Å². The van der Waals surface area contributed by atoms with Crippen LogP contribution in [0.5, 0.6) is 0 Å². The summed E-state index contributed by atoms with van der Waals surface area (Å²) in [7, 11) is 0. The molecule has 0 fully saturated rings. The zero-order valence-electron chi connectivity index (χ0n) is 15.9. The van der Waals surface area contributed by atoms with E-state index in [1.165, 1.54) is 0 Å². The fourth-order valence-corrected chi connectivity index (χ4v) is 3.68. The van der Waals surface area contributed by atoms with Gasteiger partial charge in [-0.05, 0) is 62.4 Å². The van der Waals surface area contributed by atoms with Gasteiger partial charge >= 0.3 is 5.97 Å². The summed E-state index contributed by atoms with van der Waals surface area (Å²) < 4.78 is 15.5. The molecule has 7 nitrogen and oxygen atoms in total. The lowest BCUT2D eigenvalue weighted by molar-refractivity contribution is -0.119. The number of nitrogens with one attached hydrogen (secondary N) is 1. The maximum absolute atomic E-state index is 12.3. The van der Waals surface area contributed by atoms with E-state index < -0.39 is 11.9 Å². The summed E-state index contributed by atoms with van der Waals surface area (Å²) in [5, 5.41) is 2.70. The molecule has 0 unspecified atom stereocenters. The molecule has 1 N–H and O–H groups in total. The first-order chi connectivity index (χ1) is 14.0. The molecule has 4 aromatic rings. The first-order valence-electron chi connectivity index (χ1n) is 8.96. The number of aromatic nitrogens is 3. The Bertz CT molecular complexity index is 1170. The molecule has 2 aromatic carbocycles. The molecule has 0 saturated heterocycles. The van der Waals surface area contributed by atoms with Crippen LogP contribution in [0.1, 0.15) is 21.7 Å². The second kappa shape index (κ2) is 7.84. The molecular weight excluding hydrogens is 388 g/mol. The van der Waals surface area contributed by atoms with Gasteiger partial charge in [0.15, 0.2) is 6.61 Å². The topological polar surface area (TPSA) is 86.1 Å². The molecule has 0 bridgehead atoms. The van der Waals surface area contributed by atoms with Crippen LogP contribution in [-0.4, -0.2) is 31.8 Å². The van der Waals surface area contributed by atoms with Crippen molar-refractivity contribution in [1.82, 2.24) is 13.3 Å². The van der Waals surface area contributed by atoms with Crippen molar-refractivity contribution in [3.8, 4) is 5.69 Å². The lowest BCUT2D eigenvalue weighted by Crippen LogP contribution is -2.21. The summed E-state index contributed by atoms with van der Waals surface area (Å²) in [6, 6.07) is 16.5. The third-order valence-corrected chi connectivity index (χ3v) is 5.07. The molecule has 0 atom stereocenters. The lowest BCUT2D eigenvalue weighted by atomic mass is 10.2. The van der Waals surface area contributed by atoms with E-state index in [9.17, 15) is 9.59 Å². The first-order valence-corrected chi connectivity index (χ1v) is 9.69. The molecule has 0 spiro atoms. The number of ether oxygens (including phenoxy) is 1. The fourth-order valence-electron chi connectivity index (χ4n) is 3.13. The number of aryl methyl sites for hydroxylation is 2. The van der Waals surface area contributed by atoms with Gasteiger partial charge in [-0.2, -0.15) is 8.75 Å². The Hall–Kier alpha value is -3.52. The van der Waals surface area contributed by atoms with Gasteiger partial charge in [-0.25, -0.2) is 4.79 Å². The highest BCUT2D eigenvalue weighted by Gasteiger charge is 2.13. The minimum atomic E-state index is -0.554. The second-order valence-electron chi connectivity index (χ2n) is 6.56. The molecule has 2 heterocycles. The van der Waals surface area contributed by atoms with Gasteiger partial charge in [0.2, 0.25) is 0 Å². The van der Waals surface area contributed by atoms with Crippen molar-refractivity contribution in [1.29, 1.82) is 0 Å². The van der Waals surface area contributed by atoms with Gasteiger partial charge in [0.1, 0.15) is 11.0 Å². The van der Waals surface area contributed by atoms with Crippen LogP contribution in [0.25, 0.3) is 16.7 Å². The molecule has 2 aromatic heterocycles. The molecule has 0 aliphatic heterocycles. The molecule has 146 valence electrons. The predicted molar refractivity (Wildman–Crippen MR) is 112 cm³/mol. The number of hydrogen-bond acceptors (Lipinski definition) is 6. The monoisotopic (exact) mass is 406 g/mol. The normalized spacial score (nSPS) is 10.8. The Kier molecular flexibility index (Phi) is 5.09. The summed E-state index contributed by atoms with van der Waals surface area (Å²) in [5.41, 5.74) is 5.43. The molecule has 0 saturated carbocycles. The Morgan fingerprint density at radius 1 is 1.00 bits per heavy atom. The average Bonchev–Trinajstić information content (AvgIpc) is 3.33. The summed E-state index contributed by atoms with van der Waals surface area (Å²) in [4.78, 5) is 24.4. The number of rotatable bonds is 5. The van der Waals surface area contributed by atoms with Gasteiger partial charge < -0.3 is 14.6 Å². The van der Waals surface area contributed by atoms with E-state index in [0.717, 1.165) is 28.8 Å². The van der Waals surface area contributed by atoms with Crippen LogP contribution in [0.2, 0.25) is 0 Å². The summed E-state index contributed by atoms with van der Waals surface area (Å²) in [5.74, 6) is -0.991. The maximum atomic E-state index is 12.3. The van der Waals surface area contributed by atoms with Crippen molar-refractivity contribution in [2.24, 2.45) is 0 Å². The zero-order valence-corrected chi connectivity index (χ0v) is 16.7. The average molecular weight is 406 g/mol. The summed E-state index contributed by atoms with van der Waals surface area (Å²) in [6.45, 7) is 3.66. The number of anilines is 1. The van der Waals surface area contributed by atoms with Crippen LogP contribution >= 0.6 is 11.7 Å². The number of benzene rings is 2. The molecule has 29 heavy (non-hydrogen) atoms. The van der Waals surface area contributed by atoms with Gasteiger partial charge in [-0.1, -0.05) is 6.07 Å². The summed E-state index contributed by atoms with van der Waals surface area (Å²) >= 11 is 1.07. The molecule has 4 rings (SSSR count). The van der Waals surface area contributed by atoms with E-state index in [0.29, 0.717) is 22.3 Å². The van der Waals surface area contributed by atoms with Crippen molar-refractivity contribution >= 4 is 40.3 Å². The molecule has 0 aliphatic rings. The fraction of sp³-hybridized carbons (Fsp3) is 0.143. The Labute approximate surface area is 171 Å². The second-order valence-corrected chi connectivity index (χ2v) is 7.09. The highest BCUT2D eigenvalue weighted by Crippen LogP contribution is 2.21. The molecule has 1 amide bonds. The van der Waals surface area contributed by atoms with Gasteiger partial charge in [0, 0.05) is 17.1 Å². The van der Waals surface area contributed by atoms with Crippen molar-refractivity contribution in [2.75, 3.05) is 11.9 Å². The van der Waals surface area contributed by atoms with Crippen molar-refractivity contribution in [3.63, 3.8) is 0 Å². The van der Waals surface area contributed by atoms with E-state index in [2.05, 4.69) is 18.6 Å². The Balaban J connectivity index is 1.38. The van der Waals surface area contributed by atoms with E-state index >= 15 is 0 Å². The van der Waals surface area contributed by atoms with Gasteiger partial charge in [-0.3, -0.25) is 4.79 Å². The molecule has 8 heteroatoms. The highest BCUT2D eigenvalue weighted by molar-refractivity contribution is 7.00. The van der Waals surface area contributed by atoms with Crippen LogP contribution in [-0.2, 0) is 9.53 Å².